The Morgan fingerprint density at radius 1 is 1.00 bits per heavy atom. The maximum atomic E-state index is 12.4. The van der Waals surface area contributed by atoms with Crippen molar-refractivity contribution in [3.63, 3.8) is 0 Å². The highest BCUT2D eigenvalue weighted by atomic mass is 35.5. The molecule has 0 saturated carbocycles. The average Bonchev–Trinajstić information content (AvgIpc) is 2.92. The lowest BCUT2D eigenvalue weighted by Gasteiger charge is -2.07. The van der Waals surface area contributed by atoms with Gasteiger partial charge in [-0.05, 0) is 45.0 Å². The fourth-order valence-electron chi connectivity index (χ4n) is 2.26. The Kier molecular flexibility index (Phi) is 6.41. The average molecular weight is 380 g/mol. The van der Waals surface area contributed by atoms with Crippen molar-refractivity contribution in [2.24, 2.45) is 0 Å². The summed E-state index contributed by atoms with van der Waals surface area (Å²) in [5, 5.41) is 2.97. The monoisotopic (exact) mass is 379 g/mol. The van der Waals surface area contributed by atoms with Crippen LogP contribution in [0.4, 0.5) is 5.88 Å². The van der Waals surface area contributed by atoms with Gasteiger partial charge in [0.25, 0.3) is 5.91 Å². The van der Waals surface area contributed by atoms with E-state index in [2.05, 4.69) is 5.32 Å². The van der Waals surface area contributed by atoms with E-state index in [9.17, 15) is 14.4 Å². The molecule has 0 saturated heterocycles. The van der Waals surface area contributed by atoms with E-state index in [0.717, 1.165) is 0 Å². The Labute approximate surface area is 155 Å². The summed E-state index contributed by atoms with van der Waals surface area (Å²) < 4.78 is 15.4. The first kappa shape index (κ1) is 19.5. The maximum Gasteiger partial charge on any atom is 0.344 e. The van der Waals surface area contributed by atoms with Crippen molar-refractivity contribution >= 4 is 35.3 Å². The van der Waals surface area contributed by atoms with Crippen LogP contribution in [0.3, 0.4) is 0 Å². The van der Waals surface area contributed by atoms with E-state index < -0.39 is 17.8 Å². The minimum Gasteiger partial charge on any atom is -0.462 e. The van der Waals surface area contributed by atoms with E-state index in [1.165, 1.54) is 19.1 Å². The van der Waals surface area contributed by atoms with E-state index in [4.69, 9.17) is 25.5 Å². The highest BCUT2D eigenvalue weighted by Crippen LogP contribution is 2.29. The number of hydrogen-bond donors (Lipinski definition) is 1. The van der Waals surface area contributed by atoms with Gasteiger partial charge in [-0.1, -0.05) is 11.6 Å². The van der Waals surface area contributed by atoms with Gasteiger partial charge in [0.2, 0.25) is 5.88 Å². The second-order valence-electron chi connectivity index (χ2n) is 5.14. The molecule has 0 atom stereocenters. The summed E-state index contributed by atoms with van der Waals surface area (Å²) >= 11 is 5.80. The highest BCUT2D eigenvalue weighted by Gasteiger charge is 2.31. The van der Waals surface area contributed by atoms with Gasteiger partial charge in [0.1, 0.15) is 16.9 Å². The highest BCUT2D eigenvalue weighted by molar-refractivity contribution is 6.30. The maximum absolute atomic E-state index is 12.4. The number of rotatable bonds is 6. The Bertz CT molecular complexity index is 825. The molecule has 0 radical (unpaired) electrons. The minimum atomic E-state index is -0.793. The van der Waals surface area contributed by atoms with Crippen LogP contribution in [0.25, 0.3) is 0 Å². The second-order valence-corrected chi connectivity index (χ2v) is 5.58. The summed E-state index contributed by atoms with van der Waals surface area (Å²) in [6.07, 6.45) is 0. The number of aryl methyl sites for hydroxylation is 1. The largest absolute Gasteiger partial charge is 0.462 e. The van der Waals surface area contributed by atoms with Crippen LogP contribution >= 0.6 is 11.6 Å². The van der Waals surface area contributed by atoms with Gasteiger partial charge in [0, 0.05) is 10.6 Å². The van der Waals surface area contributed by atoms with Gasteiger partial charge in [-0.3, -0.25) is 10.1 Å². The molecular formula is C18H18ClNO6. The number of anilines is 1. The van der Waals surface area contributed by atoms with Gasteiger partial charge >= 0.3 is 11.9 Å². The van der Waals surface area contributed by atoms with E-state index >= 15 is 0 Å². The molecule has 8 heteroatoms. The van der Waals surface area contributed by atoms with Gasteiger partial charge in [0.15, 0.2) is 0 Å². The summed E-state index contributed by atoms with van der Waals surface area (Å²) in [6, 6.07) is 6.15. The lowest BCUT2D eigenvalue weighted by Crippen LogP contribution is -2.17. The van der Waals surface area contributed by atoms with Gasteiger partial charge in [-0.15, -0.1) is 0 Å². The molecule has 0 aliphatic rings. The summed E-state index contributed by atoms with van der Waals surface area (Å²) in [5.41, 5.74) is 0.0535. The fraction of sp³-hybridized carbons (Fsp3) is 0.278. The van der Waals surface area contributed by atoms with Crippen LogP contribution in [0, 0.1) is 6.92 Å². The number of hydrogen-bond acceptors (Lipinski definition) is 6. The number of furan rings is 1. The van der Waals surface area contributed by atoms with Gasteiger partial charge in [0.05, 0.1) is 13.2 Å². The van der Waals surface area contributed by atoms with Gasteiger partial charge in [-0.2, -0.15) is 0 Å². The van der Waals surface area contributed by atoms with Crippen molar-refractivity contribution < 1.29 is 28.3 Å². The molecule has 26 heavy (non-hydrogen) atoms. The van der Waals surface area contributed by atoms with Crippen molar-refractivity contribution in [1.29, 1.82) is 0 Å². The molecule has 7 nitrogen and oxygen atoms in total. The predicted molar refractivity (Wildman–Crippen MR) is 94.8 cm³/mol. The summed E-state index contributed by atoms with van der Waals surface area (Å²) in [7, 11) is 0. The zero-order chi connectivity index (χ0) is 19.3. The first-order chi connectivity index (χ1) is 12.4. The number of ether oxygens (including phenoxy) is 2. The zero-order valence-corrected chi connectivity index (χ0v) is 15.3. The van der Waals surface area contributed by atoms with Crippen LogP contribution in [0.1, 0.15) is 50.7 Å². The predicted octanol–water partition coefficient (Wildman–Crippen LogP) is 3.85. The van der Waals surface area contributed by atoms with Crippen LogP contribution in [0.5, 0.6) is 0 Å². The lowest BCUT2D eigenvalue weighted by molar-refractivity contribution is 0.0480. The number of nitrogens with one attached hydrogen (secondary N) is 1. The molecule has 0 fully saturated rings. The summed E-state index contributed by atoms with van der Waals surface area (Å²) in [6.45, 7) is 4.97. The van der Waals surface area contributed by atoms with Crippen molar-refractivity contribution in [1.82, 2.24) is 0 Å². The molecule has 0 aliphatic carbocycles. The van der Waals surface area contributed by atoms with Crippen molar-refractivity contribution in [3.05, 3.63) is 51.7 Å². The zero-order valence-electron chi connectivity index (χ0n) is 14.6. The molecule has 1 aromatic heterocycles. The number of carbonyl (C=O) groups is 3. The molecular weight excluding hydrogens is 362 g/mol. The molecule has 1 N–H and O–H groups in total. The molecule has 2 aromatic rings. The number of benzene rings is 1. The van der Waals surface area contributed by atoms with Crippen molar-refractivity contribution in [2.45, 2.75) is 20.8 Å². The SMILES string of the molecule is CCOC(=O)c1c(C)oc(NC(=O)c2ccc(Cl)cc2)c1C(=O)OCC. The molecule has 138 valence electrons. The van der Waals surface area contributed by atoms with Gasteiger partial charge in [-0.25, -0.2) is 9.59 Å². The second kappa shape index (κ2) is 8.53. The lowest BCUT2D eigenvalue weighted by atomic mass is 10.1. The first-order valence-corrected chi connectivity index (χ1v) is 8.31. The standard InChI is InChI=1S/C18H18ClNO6/c1-4-24-17(22)13-10(3)26-16(14(13)18(23)25-5-2)20-15(21)11-6-8-12(19)9-7-11/h6-9H,4-5H2,1-3H3,(H,20,21). The molecule has 1 aromatic carbocycles. The van der Waals surface area contributed by atoms with Crippen molar-refractivity contribution in [3.8, 4) is 0 Å². The Morgan fingerprint density at radius 3 is 2.08 bits per heavy atom. The van der Waals surface area contributed by atoms with E-state index in [1.54, 1.807) is 26.0 Å². The minimum absolute atomic E-state index is 0.0725. The van der Waals surface area contributed by atoms with Crippen LogP contribution < -0.4 is 5.32 Å². The Hall–Kier alpha value is -2.80. The third-order valence-electron chi connectivity index (χ3n) is 3.38. The molecule has 1 heterocycles. The third-order valence-corrected chi connectivity index (χ3v) is 3.63. The van der Waals surface area contributed by atoms with Crippen LogP contribution in [0.15, 0.2) is 28.7 Å². The van der Waals surface area contributed by atoms with Gasteiger partial charge < -0.3 is 13.9 Å². The molecule has 1 amide bonds. The van der Waals surface area contributed by atoms with Crippen molar-refractivity contribution in [2.75, 3.05) is 18.5 Å². The van der Waals surface area contributed by atoms with Crippen LogP contribution in [0.2, 0.25) is 5.02 Å². The molecule has 2 rings (SSSR count). The Morgan fingerprint density at radius 2 is 1.54 bits per heavy atom. The quantitative estimate of drug-likeness (QED) is 0.766. The summed E-state index contributed by atoms with van der Waals surface area (Å²) in [4.78, 5) is 36.9. The van der Waals surface area contributed by atoms with E-state index in [0.29, 0.717) is 10.6 Å². The normalized spacial score (nSPS) is 10.3. The first-order valence-electron chi connectivity index (χ1n) is 7.93. The number of esters is 2. The number of carbonyl (C=O) groups excluding carboxylic acids is 3. The Balaban J connectivity index is 2.42. The van der Waals surface area contributed by atoms with E-state index in [1.807, 2.05) is 0 Å². The molecule has 0 spiro atoms. The molecule has 0 bridgehead atoms. The topological polar surface area (TPSA) is 94.8 Å². The van der Waals surface area contributed by atoms with E-state index in [-0.39, 0.29) is 36.0 Å². The number of halogens is 1. The smallest absolute Gasteiger partial charge is 0.344 e. The third kappa shape index (κ3) is 4.23. The number of amides is 1. The van der Waals surface area contributed by atoms with Crippen LogP contribution in [-0.4, -0.2) is 31.1 Å². The fourth-order valence-corrected chi connectivity index (χ4v) is 2.38. The molecule has 0 aliphatic heterocycles. The molecule has 0 unspecified atom stereocenters. The summed E-state index contributed by atoms with van der Waals surface area (Å²) in [5.74, 6) is -2.10. The van der Waals surface area contributed by atoms with Crippen LogP contribution in [-0.2, 0) is 9.47 Å².